The minimum Gasteiger partial charge on any atom is -0.462 e. The van der Waals surface area contributed by atoms with Crippen LogP contribution in [-0.4, -0.2) is 37.2 Å². The molecule has 0 aliphatic rings. The van der Waals surface area contributed by atoms with Crippen LogP contribution in [0, 0.1) is 0 Å². The molecule has 0 aromatic carbocycles. The van der Waals surface area contributed by atoms with E-state index in [2.05, 4.69) is 106 Å². The SMILES string of the molecule is CC\C=C/C=C\C=C/C=C\C=C/CCCC(=O)OC(COC(=O)CCC/C=C\C/C=C\C/C=C\C/C=C\CCCCC)COC(=O)CCCCCCC\C=C/C=C\C=C/CC. The van der Waals surface area contributed by atoms with E-state index in [9.17, 15) is 14.4 Å². The molecule has 6 heteroatoms. The highest BCUT2D eigenvalue weighted by atomic mass is 16.6. The van der Waals surface area contributed by atoms with Crippen LogP contribution in [0.4, 0.5) is 0 Å². The lowest BCUT2D eigenvalue weighted by Gasteiger charge is -2.18. The number of ether oxygens (including phenoxy) is 3. The van der Waals surface area contributed by atoms with Crippen LogP contribution >= 0.6 is 0 Å². The number of unbranched alkanes of at least 4 members (excludes halogenated alkanes) is 10. The van der Waals surface area contributed by atoms with E-state index >= 15 is 0 Å². The molecule has 1 unspecified atom stereocenters. The Morgan fingerprint density at radius 1 is 0.361 bits per heavy atom. The van der Waals surface area contributed by atoms with E-state index < -0.39 is 12.1 Å². The normalized spacial score (nSPS) is 13.4. The number of hydrogen-bond acceptors (Lipinski definition) is 6. The number of esters is 3. The first-order valence-electron chi connectivity index (χ1n) is 23.4. The molecule has 0 heterocycles. The van der Waals surface area contributed by atoms with Gasteiger partial charge >= 0.3 is 17.9 Å². The molecule has 0 saturated heterocycles. The molecule has 0 rings (SSSR count). The molecule has 6 nitrogen and oxygen atoms in total. The van der Waals surface area contributed by atoms with Crippen molar-refractivity contribution >= 4 is 17.9 Å². The van der Waals surface area contributed by atoms with Gasteiger partial charge in [-0.25, -0.2) is 0 Å². The highest BCUT2D eigenvalue weighted by Gasteiger charge is 2.19. The molecule has 0 aromatic rings. The Bertz CT molecular complexity index is 1430. The van der Waals surface area contributed by atoms with Gasteiger partial charge in [-0.3, -0.25) is 14.4 Å². The Hall–Kier alpha value is -4.71. The lowest BCUT2D eigenvalue weighted by Crippen LogP contribution is -2.30. The van der Waals surface area contributed by atoms with Crippen LogP contribution in [0.3, 0.4) is 0 Å². The van der Waals surface area contributed by atoms with Crippen LogP contribution < -0.4 is 0 Å². The maximum atomic E-state index is 12.7. The van der Waals surface area contributed by atoms with E-state index in [1.807, 2.05) is 60.8 Å². The maximum absolute atomic E-state index is 12.7. The van der Waals surface area contributed by atoms with E-state index in [0.717, 1.165) is 77.0 Å². The van der Waals surface area contributed by atoms with Crippen molar-refractivity contribution in [3.63, 3.8) is 0 Å². The van der Waals surface area contributed by atoms with E-state index in [4.69, 9.17) is 14.2 Å². The largest absolute Gasteiger partial charge is 0.462 e. The van der Waals surface area contributed by atoms with Gasteiger partial charge in [-0.1, -0.05) is 199 Å². The lowest BCUT2D eigenvalue weighted by molar-refractivity contribution is -0.167. The first-order valence-corrected chi connectivity index (χ1v) is 23.4. The molecule has 0 spiro atoms. The van der Waals surface area contributed by atoms with E-state index in [1.165, 1.54) is 25.7 Å². The molecule has 0 radical (unpaired) electrons. The van der Waals surface area contributed by atoms with Gasteiger partial charge in [0.25, 0.3) is 0 Å². The van der Waals surface area contributed by atoms with E-state index in [1.54, 1.807) is 0 Å². The van der Waals surface area contributed by atoms with Gasteiger partial charge in [0.1, 0.15) is 13.2 Å². The monoisotopic (exact) mass is 839 g/mol. The number of carbonyl (C=O) groups excluding carboxylic acids is 3. The number of carbonyl (C=O) groups is 3. The minimum atomic E-state index is -0.851. The molecule has 0 bridgehead atoms. The van der Waals surface area contributed by atoms with Gasteiger partial charge < -0.3 is 14.2 Å². The quantitative estimate of drug-likeness (QED) is 0.0202. The molecular formula is C55H82O6. The van der Waals surface area contributed by atoms with Gasteiger partial charge in [-0.15, -0.1) is 0 Å². The fourth-order valence-corrected chi connectivity index (χ4v) is 5.52. The molecule has 1 atom stereocenters. The van der Waals surface area contributed by atoms with Gasteiger partial charge in [0.2, 0.25) is 0 Å². The topological polar surface area (TPSA) is 78.9 Å². The third-order valence-electron chi connectivity index (χ3n) is 9.00. The van der Waals surface area contributed by atoms with Gasteiger partial charge in [-0.2, -0.15) is 0 Å². The molecule has 61 heavy (non-hydrogen) atoms. The summed E-state index contributed by atoms with van der Waals surface area (Å²) in [5.41, 5.74) is 0. The average Bonchev–Trinajstić information content (AvgIpc) is 3.26. The summed E-state index contributed by atoms with van der Waals surface area (Å²) in [7, 11) is 0. The predicted octanol–water partition coefficient (Wildman–Crippen LogP) is 15.3. The van der Waals surface area contributed by atoms with Crippen LogP contribution in [0.5, 0.6) is 0 Å². The summed E-state index contributed by atoms with van der Waals surface area (Å²) < 4.78 is 16.6. The fraction of sp³-hybridized carbons (Fsp3) is 0.509. The van der Waals surface area contributed by atoms with E-state index in [0.29, 0.717) is 25.7 Å². The van der Waals surface area contributed by atoms with Crippen LogP contribution in [-0.2, 0) is 28.6 Å². The highest BCUT2D eigenvalue weighted by molar-refractivity contribution is 5.71. The highest BCUT2D eigenvalue weighted by Crippen LogP contribution is 2.10. The molecule has 0 fully saturated rings. The van der Waals surface area contributed by atoms with Gasteiger partial charge in [0, 0.05) is 19.3 Å². The van der Waals surface area contributed by atoms with Crippen LogP contribution in [0.2, 0.25) is 0 Å². The van der Waals surface area contributed by atoms with Crippen LogP contribution in [0.25, 0.3) is 0 Å². The van der Waals surface area contributed by atoms with Crippen molar-refractivity contribution in [3.05, 3.63) is 146 Å². The van der Waals surface area contributed by atoms with Crippen molar-refractivity contribution in [3.8, 4) is 0 Å². The van der Waals surface area contributed by atoms with Gasteiger partial charge in [-0.05, 0) is 89.9 Å². The van der Waals surface area contributed by atoms with Crippen molar-refractivity contribution in [2.75, 3.05) is 13.2 Å². The summed E-state index contributed by atoms with van der Waals surface area (Å²) in [6.07, 6.45) is 68.4. The predicted molar refractivity (Wildman–Crippen MR) is 260 cm³/mol. The summed E-state index contributed by atoms with van der Waals surface area (Å²) in [5.74, 6) is -1.11. The summed E-state index contributed by atoms with van der Waals surface area (Å²) >= 11 is 0. The Kier molecular flexibility index (Phi) is 44.3. The third-order valence-corrected chi connectivity index (χ3v) is 9.00. The lowest BCUT2D eigenvalue weighted by atomic mass is 10.1. The molecule has 0 saturated carbocycles. The average molecular weight is 839 g/mol. The second kappa shape index (κ2) is 48.0. The first-order chi connectivity index (χ1) is 30.0. The third kappa shape index (κ3) is 46.2. The number of rotatable bonds is 39. The maximum Gasteiger partial charge on any atom is 0.306 e. The summed E-state index contributed by atoms with van der Waals surface area (Å²) in [5, 5.41) is 0. The van der Waals surface area contributed by atoms with Gasteiger partial charge in [0.05, 0.1) is 0 Å². The van der Waals surface area contributed by atoms with E-state index in [-0.39, 0.29) is 38.0 Å². The smallest absolute Gasteiger partial charge is 0.306 e. The van der Waals surface area contributed by atoms with Crippen LogP contribution in [0.15, 0.2) is 146 Å². The molecule has 0 aromatic heterocycles. The summed E-state index contributed by atoms with van der Waals surface area (Å²) in [4.78, 5) is 37.8. The number of hydrogen-bond donors (Lipinski definition) is 0. The minimum absolute atomic E-state index is 0.141. The second-order valence-corrected chi connectivity index (χ2v) is 14.7. The van der Waals surface area contributed by atoms with Gasteiger partial charge in [0.15, 0.2) is 6.10 Å². The summed E-state index contributed by atoms with van der Waals surface area (Å²) in [6, 6.07) is 0. The Morgan fingerprint density at radius 3 is 1.23 bits per heavy atom. The zero-order chi connectivity index (χ0) is 44.4. The Morgan fingerprint density at radius 2 is 0.721 bits per heavy atom. The fourth-order valence-electron chi connectivity index (χ4n) is 5.52. The Labute approximate surface area is 372 Å². The van der Waals surface area contributed by atoms with Crippen LogP contribution in [0.1, 0.15) is 162 Å². The molecule has 0 aliphatic carbocycles. The van der Waals surface area contributed by atoms with Crippen molar-refractivity contribution in [2.45, 2.75) is 168 Å². The number of allylic oxidation sites excluding steroid dienone is 24. The zero-order valence-corrected chi connectivity index (χ0v) is 38.4. The molecule has 0 amide bonds. The second-order valence-electron chi connectivity index (χ2n) is 14.7. The standard InChI is InChI=1S/C55H82O6/c1-4-7-10-13-16-19-22-25-26-27-28-31-33-36-39-42-45-48-54(57)60-51-52(61-55(58)49-46-43-40-37-34-30-24-21-18-15-12-9-6-3)50-59-53(56)47-44-41-38-35-32-29-23-20-17-14-11-8-5-2/h8-9,11-12,14-21,23-26,28,30-31,34,36-37,39-40,52H,4-7,10,13,22,27,29,32-33,35,38,41-51H2,1-3H3/b11-8-,12-9-,17-14-,18-15-,19-16-,23-20-,24-21-,26-25-,31-28-,34-30-,39-36-,40-37-. The molecule has 338 valence electrons. The van der Waals surface area contributed by atoms with Crippen molar-refractivity contribution in [1.82, 2.24) is 0 Å². The van der Waals surface area contributed by atoms with Crippen molar-refractivity contribution in [2.24, 2.45) is 0 Å². The molecular weight excluding hydrogens is 757 g/mol. The molecule has 0 N–H and O–H groups in total. The Balaban J connectivity index is 4.64. The van der Waals surface area contributed by atoms with Crippen molar-refractivity contribution in [1.29, 1.82) is 0 Å². The summed E-state index contributed by atoms with van der Waals surface area (Å²) in [6.45, 7) is 6.16. The van der Waals surface area contributed by atoms with Crippen molar-refractivity contribution < 1.29 is 28.6 Å². The zero-order valence-electron chi connectivity index (χ0n) is 38.4. The molecule has 0 aliphatic heterocycles. The first kappa shape index (κ1) is 56.3.